The molecule has 1 aromatic carbocycles. The molecule has 0 spiro atoms. The summed E-state index contributed by atoms with van der Waals surface area (Å²) in [5, 5.41) is 7.65. The van der Waals surface area contributed by atoms with Crippen LogP contribution < -0.4 is 5.32 Å². The molecule has 0 aliphatic rings. The fraction of sp³-hybridized carbons (Fsp3) is 0.429. The SMILES string of the molecule is CCCc1nnsc1C(Cc1ccc(I)cc1)NC. The third-order valence-corrected chi connectivity index (χ3v) is 4.69. The number of aromatic nitrogens is 2. The lowest BCUT2D eigenvalue weighted by Gasteiger charge is -2.15. The van der Waals surface area contributed by atoms with Crippen molar-refractivity contribution in [3.63, 3.8) is 0 Å². The summed E-state index contributed by atoms with van der Waals surface area (Å²) >= 11 is 3.85. The van der Waals surface area contributed by atoms with Crippen LogP contribution in [0.25, 0.3) is 0 Å². The molecule has 1 N–H and O–H groups in total. The number of rotatable bonds is 6. The van der Waals surface area contributed by atoms with E-state index in [-0.39, 0.29) is 0 Å². The molecule has 3 nitrogen and oxygen atoms in total. The second-order valence-electron chi connectivity index (χ2n) is 4.51. The van der Waals surface area contributed by atoms with Gasteiger partial charge in [-0.3, -0.25) is 0 Å². The number of nitrogens with zero attached hydrogens (tertiary/aromatic N) is 2. The zero-order chi connectivity index (χ0) is 13.7. The average molecular weight is 387 g/mol. The maximum absolute atomic E-state index is 4.26. The first kappa shape index (κ1) is 14.9. The van der Waals surface area contributed by atoms with E-state index >= 15 is 0 Å². The average Bonchev–Trinajstić information content (AvgIpc) is 2.87. The van der Waals surface area contributed by atoms with Crippen LogP contribution in [0.2, 0.25) is 0 Å². The van der Waals surface area contributed by atoms with E-state index in [0.717, 1.165) is 25.0 Å². The lowest BCUT2D eigenvalue weighted by Crippen LogP contribution is -2.19. The molecule has 2 rings (SSSR count). The minimum absolute atomic E-state index is 0.307. The highest BCUT2D eigenvalue weighted by atomic mass is 127. The third kappa shape index (κ3) is 3.97. The number of aryl methyl sites for hydroxylation is 1. The Bertz CT molecular complexity index is 510. The molecule has 1 atom stereocenters. The van der Waals surface area contributed by atoms with Crippen molar-refractivity contribution < 1.29 is 0 Å². The normalized spacial score (nSPS) is 12.6. The molecule has 2 aromatic rings. The predicted octanol–water partition coefficient (Wildman–Crippen LogP) is 3.60. The van der Waals surface area contributed by atoms with Crippen molar-refractivity contribution >= 4 is 34.1 Å². The van der Waals surface area contributed by atoms with E-state index < -0.39 is 0 Å². The van der Waals surface area contributed by atoms with Crippen LogP contribution in [0.5, 0.6) is 0 Å². The first-order valence-corrected chi connectivity index (χ1v) is 8.32. The van der Waals surface area contributed by atoms with Gasteiger partial charge in [-0.15, -0.1) is 5.10 Å². The Balaban J connectivity index is 2.15. The van der Waals surface area contributed by atoms with Gasteiger partial charge in [0.25, 0.3) is 0 Å². The maximum atomic E-state index is 4.26. The molecule has 1 heterocycles. The zero-order valence-electron chi connectivity index (χ0n) is 11.2. The van der Waals surface area contributed by atoms with Crippen molar-refractivity contribution in [3.8, 4) is 0 Å². The van der Waals surface area contributed by atoms with Gasteiger partial charge in [-0.25, -0.2) is 0 Å². The number of likely N-dealkylation sites (N-methyl/N-ethyl adjacent to an activating group) is 1. The van der Waals surface area contributed by atoms with Crippen LogP contribution >= 0.6 is 34.1 Å². The van der Waals surface area contributed by atoms with Crippen molar-refractivity contribution in [2.75, 3.05) is 7.05 Å². The van der Waals surface area contributed by atoms with E-state index in [2.05, 4.69) is 68.7 Å². The van der Waals surface area contributed by atoms with E-state index in [1.165, 1.54) is 25.5 Å². The molecule has 1 aromatic heterocycles. The van der Waals surface area contributed by atoms with Gasteiger partial charge < -0.3 is 5.32 Å². The van der Waals surface area contributed by atoms with Crippen LogP contribution in [0.15, 0.2) is 24.3 Å². The molecule has 0 aliphatic heterocycles. The largest absolute Gasteiger partial charge is 0.312 e. The van der Waals surface area contributed by atoms with Crippen LogP contribution in [-0.4, -0.2) is 16.6 Å². The van der Waals surface area contributed by atoms with Crippen molar-refractivity contribution in [2.45, 2.75) is 32.2 Å². The molecule has 19 heavy (non-hydrogen) atoms. The molecule has 102 valence electrons. The lowest BCUT2D eigenvalue weighted by molar-refractivity contribution is 0.593. The van der Waals surface area contributed by atoms with Crippen molar-refractivity contribution in [1.29, 1.82) is 0 Å². The summed E-state index contributed by atoms with van der Waals surface area (Å²) in [4.78, 5) is 1.28. The topological polar surface area (TPSA) is 37.8 Å². The quantitative estimate of drug-likeness (QED) is 0.770. The summed E-state index contributed by atoms with van der Waals surface area (Å²) in [6.07, 6.45) is 3.10. The van der Waals surface area contributed by atoms with Gasteiger partial charge in [-0.05, 0) is 71.7 Å². The minimum Gasteiger partial charge on any atom is -0.312 e. The molecule has 0 fully saturated rings. The number of nitrogens with one attached hydrogen (secondary N) is 1. The van der Waals surface area contributed by atoms with Crippen molar-refractivity contribution in [2.24, 2.45) is 0 Å². The van der Waals surface area contributed by atoms with Gasteiger partial charge in [0, 0.05) is 9.61 Å². The Morgan fingerprint density at radius 3 is 2.68 bits per heavy atom. The monoisotopic (exact) mass is 387 g/mol. The fourth-order valence-electron chi connectivity index (χ4n) is 2.07. The third-order valence-electron chi connectivity index (χ3n) is 3.09. The number of benzene rings is 1. The van der Waals surface area contributed by atoms with Gasteiger partial charge >= 0.3 is 0 Å². The van der Waals surface area contributed by atoms with E-state index in [1.807, 2.05) is 7.05 Å². The minimum atomic E-state index is 0.307. The first-order chi connectivity index (χ1) is 9.24. The van der Waals surface area contributed by atoms with Crippen LogP contribution in [0, 0.1) is 3.57 Å². The van der Waals surface area contributed by atoms with Gasteiger partial charge in [0.15, 0.2) is 0 Å². The molecule has 0 amide bonds. The fourth-order valence-corrected chi connectivity index (χ4v) is 3.24. The smallest absolute Gasteiger partial charge is 0.0803 e. The van der Waals surface area contributed by atoms with Crippen LogP contribution in [0.4, 0.5) is 0 Å². The second-order valence-corrected chi connectivity index (χ2v) is 6.54. The van der Waals surface area contributed by atoms with Crippen LogP contribution in [0.1, 0.15) is 35.5 Å². The number of hydrogen-bond donors (Lipinski definition) is 1. The first-order valence-electron chi connectivity index (χ1n) is 6.47. The van der Waals surface area contributed by atoms with Gasteiger partial charge in [-0.1, -0.05) is 30.0 Å². The predicted molar refractivity (Wildman–Crippen MR) is 88.6 cm³/mol. The van der Waals surface area contributed by atoms with Crippen LogP contribution in [0.3, 0.4) is 0 Å². The molecule has 5 heteroatoms. The van der Waals surface area contributed by atoms with Gasteiger partial charge in [-0.2, -0.15) is 0 Å². The summed E-state index contributed by atoms with van der Waals surface area (Å²) in [7, 11) is 2.01. The molecule has 1 unspecified atom stereocenters. The number of halogens is 1. The maximum Gasteiger partial charge on any atom is 0.0803 e. The summed E-state index contributed by atoms with van der Waals surface area (Å²) in [5.41, 5.74) is 2.49. The van der Waals surface area contributed by atoms with Gasteiger partial charge in [0.2, 0.25) is 0 Å². The molecule has 0 bridgehead atoms. The van der Waals surface area contributed by atoms with Crippen molar-refractivity contribution in [1.82, 2.24) is 14.9 Å². The second kappa shape index (κ2) is 7.31. The summed E-state index contributed by atoms with van der Waals surface area (Å²) < 4.78 is 5.39. The van der Waals surface area contributed by atoms with Gasteiger partial charge in [0.05, 0.1) is 10.6 Å². The zero-order valence-corrected chi connectivity index (χ0v) is 14.2. The highest BCUT2D eigenvalue weighted by Crippen LogP contribution is 2.25. The molecule has 0 aliphatic carbocycles. The van der Waals surface area contributed by atoms with Crippen LogP contribution in [-0.2, 0) is 12.8 Å². The standard InChI is InChI=1S/C14H18IN3S/c1-3-4-12-14(19-18-17-12)13(16-2)9-10-5-7-11(15)8-6-10/h5-8,13,16H,3-4,9H2,1-2H3. The van der Waals surface area contributed by atoms with Gasteiger partial charge in [0.1, 0.15) is 0 Å². The molecular weight excluding hydrogens is 369 g/mol. The van der Waals surface area contributed by atoms with E-state index in [0.29, 0.717) is 6.04 Å². The molecule has 0 saturated heterocycles. The Hall–Kier alpha value is -0.530. The Kier molecular flexibility index (Phi) is 5.72. The Morgan fingerprint density at radius 2 is 2.05 bits per heavy atom. The number of hydrogen-bond acceptors (Lipinski definition) is 4. The van der Waals surface area contributed by atoms with Crippen molar-refractivity contribution in [3.05, 3.63) is 44.0 Å². The molecular formula is C14H18IN3S. The molecule has 0 saturated carbocycles. The molecule has 0 radical (unpaired) electrons. The van der Waals surface area contributed by atoms with E-state index in [4.69, 9.17) is 0 Å². The summed E-state index contributed by atoms with van der Waals surface area (Å²) in [6.45, 7) is 2.18. The van der Waals surface area contributed by atoms with E-state index in [1.54, 1.807) is 0 Å². The highest BCUT2D eigenvalue weighted by Gasteiger charge is 2.17. The highest BCUT2D eigenvalue weighted by molar-refractivity contribution is 14.1. The Morgan fingerprint density at radius 1 is 1.32 bits per heavy atom. The Labute approximate surface area is 132 Å². The lowest BCUT2D eigenvalue weighted by atomic mass is 10.0. The summed E-state index contributed by atoms with van der Waals surface area (Å²) in [5.74, 6) is 0. The summed E-state index contributed by atoms with van der Waals surface area (Å²) in [6, 6.07) is 9.00. The van der Waals surface area contributed by atoms with E-state index in [9.17, 15) is 0 Å².